The maximum Gasteiger partial charge on any atom is 0.0310 e. The van der Waals surface area contributed by atoms with Crippen molar-refractivity contribution >= 4 is 12.4 Å². The lowest BCUT2D eigenvalue weighted by molar-refractivity contribution is 0.664. The molecular formula is C4H12ClN. The lowest BCUT2D eigenvalue weighted by Gasteiger charge is -1.91. The minimum Gasteiger partial charge on any atom is -0.330 e. The molecule has 0 atom stereocenters. The van der Waals surface area contributed by atoms with Gasteiger partial charge < -0.3 is 5.73 Å². The first-order valence-electron chi connectivity index (χ1n) is 4.76. The molecule has 2 N–H and O–H groups in total. The lowest BCUT2D eigenvalue weighted by atomic mass is 10.2. The number of halogens is 1. The fourth-order valence-electron chi connectivity index (χ4n) is 0. The Hall–Kier alpha value is 0.250. The third kappa shape index (κ3) is 8.87. The summed E-state index contributed by atoms with van der Waals surface area (Å²) >= 11 is 0. The smallest absolute Gasteiger partial charge is 0.0310 e. The summed E-state index contributed by atoms with van der Waals surface area (Å²) in [6.07, 6.45) is 0. The standard InChI is InChI=1S/C4H11N.ClH/c1-4(2)3-5;/h4H,3,5H2,1-2H3;1H/i1D3,2D3,4D;. The summed E-state index contributed by atoms with van der Waals surface area (Å²) in [5.41, 5.74) is 4.97. The van der Waals surface area contributed by atoms with Crippen LogP contribution in [0.15, 0.2) is 0 Å². The van der Waals surface area contributed by atoms with E-state index in [2.05, 4.69) is 0 Å². The van der Waals surface area contributed by atoms with E-state index in [1.54, 1.807) is 0 Å². The van der Waals surface area contributed by atoms with E-state index in [9.17, 15) is 0 Å². The Morgan fingerprint density at radius 1 is 2.00 bits per heavy atom. The van der Waals surface area contributed by atoms with Crippen molar-refractivity contribution in [3.8, 4) is 0 Å². The van der Waals surface area contributed by atoms with E-state index < -0.39 is 26.1 Å². The second kappa shape index (κ2) is 5.25. The summed E-state index contributed by atoms with van der Waals surface area (Å²) in [4.78, 5) is 0. The first-order valence-corrected chi connectivity index (χ1v) is 1.26. The van der Waals surface area contributed by atoms with Gasteiger partial charge in [0.05, 0.1) is 0 Å². The molecule has 0 rings (SSSR count). The van der Waals surface area contributed by atoms with Gasteiger partial charge >= 0.3 is 0 Å². The predicted molar refractivity (Wildman–Crippen MR) is 31.1 cm³/mol. The molecule has 1 nitrogen and oxygen atoms in total. The van der Waals surface area contributed by atoms with Gasteiger partial charge in [0.15, 0.2) is 0 Å². The maximum atomic E-state index is 7.22. The zero-order valence-corrected chi connectivity index (χ0v) is 4.01. The Morgan fingerprint density at radius 2 is 2.50 bits per heavy atom. The highest BCUT2D eigenvalue weighted by atomic mass is 35.5. The van der Waals surface area contributed by atoms with Gasteiger partial charge in [-0.15, -0.1) is 12.4 Å². The van der Waals surface area contributed by atoms with Gasteiger partial charge in [0, 0.05) is 9.60 Å². The molecule has 0 aromatic rings. The molecular weight excluding hydrogens is 97.5 g/mol. The molecule has 0 aliphatic carbocycles. The largest absolute Gasteiger partial charge is 0.330 e. The molecule has 0 heterocycles. The van der Waals surface area contributed by atoms with Crippen LogP contribution in [0.5, 0.6) is 0 Å². The van der Waals surface area contributed by atoms with E-state index in [1.165, 1.54) is 0 Å². The monoisotopic (exact) mass is 116 g/mol. The van der Waals surface area contributed by atoms with Gasteiger partial charge in [-0.2, -0.15) is 0 Å². The van der Waals surface area contributed by atoms with Crippen molar-refractivity contribution in [2.75, 3.05) is 6.54 Å². The average molecular weight is 117 g/mol. The molecule has 0 unspecified atom stereocenters. The molecule has 0 aromatic heterocycles. The van der Waals surface area contributed by atoms with Gasteiger partial charge in [0.1, 0.15) is 0 Å². The van der Waals surface area contributed by atoms with Crippen LogP contribution in [0.1, 0.15) is 23.3 Å². The molecule has 0 bridgehead atoms. The van der Waals surface area contributed by atoms with E-state index in [-0.39, 0.29) is 12.4 Å². The molecule has 0 aliphatic rings. The van der Waals surface area contributed by atoms with E-state index in [0.717, 1.165) is 0 Å². The van der Waals surface area contributed by atoms with Crippen LogP contribution < -0.4 is 5.73 Å². The summed E-state index contributed by atoms with van der Waals surface area (Å²) in [6.45, 7) is -6.47. The number of rotatable bonds is 1. The van der Waals surface area contributed by atoms with E-state index in [4.69, 9.17) is 15.3 Å². The van der Waals surface area contributed by atoms with Gasteiger partial charge in [-0.25, -0.2) is 0 Å². The van der Waals surface area contributed by atoms with Crippen molar-refractivity contribution in [2.45, 2.75) is 13.7 Å². The summed E-state index contributed by atoms with van der Waals surface area (Å²) in [5, 5.41) is 0. The number of hydrogen-bond donors (Lipinski definition) is 1. The Labute approximate surface area is 55.2 Å². The van der Waals surface area contributed by atoms with Crippen molar-refractivity contribution in [1.82, 2.24) is 0 Å². The van der Waals surface area contributed by atoms with Crippen LogP contribution >= 0.6 is 12.4 Å². The van der Waals surface area contributed by atoms with Gasteiger partial charge in [-0.3, -0.25) is 0 Å². The summed E-state index contributed by atoms with van der Waals surface area (Å²) < 4.78 is 48.3. The van der Waals surface area contributed by atoms with E-state index in [1.807, 2.05) is 0 Å². The number of hydrogen-bond acceptors (Lipinski definition) is 1. The molecule has 2 heteroatoms. The fourth-order valence-corrected chi connectivity index (χ4v) is 0. The van der Waals surface area contributed by atoms with Crippen molar-refractivity contribution in [2.24, 2.45) is 11.6 Å². The predicted octanol–water partition coefficient (Wildman–Crippen LogP) is 1.02. The van der Waals surface area contributed by atoms with Crippen LogP contribution in [-0.2, 0) is 0 Å². The van der Waals surface area contributed by atoms with Crippen LogP contribution in [0.25, 0.3) is 0 Å². The van der Waals surface area contributed by atoms with Crippen molar-refractivity contribution in [1.29, 1.82) is 0 Å². The molecule has 0 aromatic carbocycles. The highest BCUT2D eigenvalue weighted by Crippen LogP contribution is 1.81. The molecule has 6 heavy (non-hydrogen) atoms. The molecule has 0 radical (unpaired) electrons. The maximum absolute atomic E-state index is 7.22. The van der Waals surface area contributed by atoms with Crippen molar-refractivity contribution in [3.63, 3.8) is 0 Å². The first kappa shape index (κ1) is 1.36. The van der Waals surface area contributed by atoms with Gasteiger partial charge in [-0.1, -0.05) is 13.7 Å². The second-order valence-corrected chi connectivity index (χ2v) is 0.683. The third-order valence-corrected chi connectivity index (χ3v) is 0.204. The first-order chi connectivity index (χ1) is 5.06. The zero-order valence-electron chi connectivity index (χ0n) is 10.2. The van der Waals surface area contributed by atoms with Crippen LogP contribution in [0.3, 0.4) is 0 Å². The quantitative estimate of drug-likeness (QED) is 0.544. The van der Waals surface area contributed by atoms with Gasteiger partial charge in [-0.05, 0) is 12.4 Å². The lowest BCUT2D eigenvalue weighted by Crippen LogP contribution is -2.05. The van der Waals surface area contributed by atoms with Crippen LogP contribution in [0, 0.1) is 5.89 Å². The second-order valence-electron chi connectivity index (χ2n) is 0.683. The van der Waals surface area contributed by atoms with Crippen molar-refractivity contribution < 1.29 is 9.60 Å². The van der Waals surface area contributed by atoms with Crippen LogP contribution in [0.2, 0.25) is 0 Å². The molecule has 40 valence electrons. The SMILES string of the molecule is Cl.[2H]C([2H])([2H])C([2H])(CN)C([2H])([2H])[2H]. The summed E-state index contributed by atoms with van der Waals surface area (Å²) in [6, 6.07) is 0. The van der Waals surface area contributed by atoms with Crippen LogP contribution in [0.4, 0.5) is 0 Å². The molecule has 0 amide bonds. The highest BCUT2D eigenvalue weighted by Gasteiger charge is 1.80. The third-order valence-electron chi connectivity index (χ3n) is 0.204. The fraction of sp³-hybridized carbons (Fsp3) is 1.00. The summed E-state index contributed by atoms with van der Waals surface area (Å²) in [7, 11) is 0. The Bertz CT molecular complexity index is 147. The molecule has 0 fully saturated rings. The number of nitrogens with two attached hydrogens (primary N) is 1. The Morgan fingerprint density at radius 3 is 2.50 bits per heavy atom. The van der Waals surface area contributed by atoms with E-state index in [0.29, 0.717) is 0 Å². The Balaban J connectivity index is 0. The average Bonchev–Trinajstić information content (AvgIpc) is 1.81. The van der Waals surface area contributed by atoms with Gasteiger partial charge in [0.2, 0.25) is 0 Å². The zero-order chi connectivity index (χ0) is 10.2. The molecule has 0 saturated heterocycles. The topological polar surface area (TPSA) is 26.0 Å². The van der Waals surface area contributed by atoms with Gasteiger partial charge in [0.25, 0.3) is 0 Å². The highest BCUT2D eigenvalue weighted by molar-refractivity contribution is 5.85. The minimum atomic E-state index is -2.88. The molecule has 0 spiro atoms. The molecule has 0 saturated carbocycles. The normalized spacial score (nSPS) is 31.2. The van der Waals surface area contributed by atoms with Crippen LogP contribution in [-0.4, -0.2) is 6.54 Å². The van der Waals surface area contributed by atoms with Crippen molar-refractivity contribution in [3.05, 3.63) is 0 Å². The van der Waals surface area contributed by atoms with E-state index >= 15 is 0 Å². The Kier molecular flexibility index (Phi) is 1.19. The summed E-state index contributed by atoms with van der Waals surface area (Å²) in [5.74, 6) is -2.56. The molecule has 0 aliphatic heterocycles. The minimum absolute atomic E-state index is 0.